The molecule has 1 heterocycles. The van der Waals surface area contributed by atoms with Gasteiger partial charge in [-0.1, -0.05) is 48.5 Å². The number of nitrogens with zero attached hydrogens (tertiary/aromatic N) is 1. The summed E-state index contributed by atoms with van der Waals surface area (Å²) in [6.07, 6.45) is 3.29. The third-order valence-corrected chi connectivity index (χ3v) is 3.90. The fourth-order valence-corrected chi connectivity index (χ4v) is 2.65. The zero-order valence-electron chi connectivity index (χ0n) is 13.9. The van der Waals surface area contributed by atoms with Crippen LogP contribution in [0.4, 0.5) is 5.69 Å². The number of amides is 1. The van der Waals surface area contributed by atoms with Crippen LogP contribution in [0, 0.1) is 0 Å². The number of anilines is 1. The molecule has 1 N–H and O–H groups in total. The monoisotopic (exact) mass is 340 g/mol. The molecule has 4 nitrogen and oxygen atoms in total. The molecule has 0 aliphatic heterocycles. The Hall–Kier alpha value is -3.66. The van der Waals surface area contributed by atoms with Gasteiger partial charge in [-0.15, -0.1) is 0 Å². The van der Waals surface area contributed by atoms with Crippen LogP contribution in [0.5, 0.6) is 0 Å². The Morgan fingerprint density at radius 3 is 2.58 bits per heavy atom. The molecule has 0 unspecified atom stereocenters. The largest absolute Gasteiger partial charge is 0.436 e. The number of para-hydroxylation sites is 2. The van der Waals surface area contributed by atoms with E-state index in [1.807, 2.05) is 78.9 Å². The molecule has 0 bridgehead atoms. The summed E-state index contributed by atoms with van der Waals surface area (Å²) in [5.41, 5.74) is 4.02. The van der Waals surface area contributed by atoms with Crippen molar-refractivity contribution in [1.29, 1.82) is 0 Å². The maximum Gasteiger partial charge on any atom is 0.248 e. The molecule has 0 aliphatic rings. The molecule has 26 heavy (non-hydrogen) atoms. The molecule has 4 aromatic rings. The molecule has 1 aromatic heterocycles. The van der Waals surface area contributed by atoms with Gasteiger partial charge in [0.15, 0.2) is 5.58 Å². The second kappa shape index (κ2) is 7.07. The molecule has 4 heteroatoms. The summed E-state index contributed by atoms with van der Waals surface area (Å²) in [6, 6.07) is 24.7. The molecule has 0 saturated heterocycles. The lowest BCUT2D eigenvalue weighted by atomic mass is 10.2. The highest BCUT2D eigenvalue weighted by atomic mass is 16.3. The van der Waals surface area contributed by atoms with Crippen LogP contribution in [-0.4, -0.2) is 10.9 Å². The van der Waals surface area contributed by atoms with Crippen LogP contribution >= 0.6 is 0 Å². The number of benzene rings is 3. The fourth-order valence-electron chi connectivity index (χ4n) is 2.65. The summed E-state index contributed by atoms with van der Waals surface area (Å²) < 4.78 is 5.78. The van der Waals surface area contributed by atoms with Gasteiger partial charge in [-0.25, -0.2) is 4.98 Å². The van der Waals surface area contributed by atoms with Gasteiger partial charge in [0.2, 0.25) is 11.8 Å². The van der Waals surface area contributed by atoms with Gasteiger partial charge in [0.1, 0.15) is 5.52 Å². The van der Waals surface area contributed by atoms with Gasteiger partial charge in [-0.05, 0) is 42.0 Å². The first-order valence-electron chi connectivity index (χ1n) is 8.28. The lowest BCUT2D eigenvalue weighted by Crippen LogP contribution is -2.07. The van der Waals surface area contributed by atoms with Gasteiger partial charge in [0, 0.05) is 17.3 Å². The zero-order chi connectivity index (χ0) is 17.8. The van der Waals surface area contributed by atoms with Crippen LogP contribution in [-0.2, 0) is 4.79 Å². The average molecular weight is 340 g/mol. The molecule has 0 aliphatic carbocycles. The number of hydrogen-bond acceptors (Lipinski definition) is 3. The smallest absolute Gasteiger partial charge is 0.248 e. The number of fused-ring (bicyclic) bond motifs is 1. The Balaban J connectivity index is 1.52. The van der Waals surface area contributed by atoms with E-state index in [0.29, 0.717) is 11.6 Å². The minimum Gasteiger partial charge on any atom is -0.436 e. The Kier molecular flexibility index (Phi) is 4.31. The van der Waals surface area contributed by atoms with Crippen molar-refractivity contribution in [2.45, 2.75) is 0 Å². The van der Waals surface area contributed by atoms with E-state index < -0.39 is 0 Å². The molecular formula is C22H16N2O2. The number of nitrogens with one attached hydrogen (secondary N) is 1. The number of hydrogen-bond donors (Lipinski definition) is 1. The molecule has 0 atom stereocenters. The van der Waals surface area contributed by atoms with E-state index in [2.05, 4.69) is 10.3 Å². The van der Waals surface area contributed by atoms with Crippen LogP contribution in [0.2, 0.25) is 0 Å². The first kappa shape index (κ1) is 15.8. The minimum atomic E-state index is -0.191. The summed E-state index contributed by atoms with van der Waals surface area (Å²) in [6.45, 7) is 0. The molecule has 0 saturated carbocycles. The van der Waals surface area contributed by atoms with Gasteiger partial charge >= 0.3 is 0 Å². The van der Waals surface area contributed by atoms with Crippen LogP contribution in [0.15, 0.2) is 89.4 Å². The number of oxazole rings is 1. The van der Waals surface area contributed by atoms with Crippen LogP contribution in [0.1, 0.15) is 5.56 Å². The minimum absolute atomic E-state index is 0.191. The molecule has 4 rings (SSSR count). The van der Waals surface area contributed by atoms with Gasteiger partial charge < -0.3 is 9.73 Å². The van der Waals surface area contributed by atoms with Crippen molar-refractivity contribution in [2.75, 3.05) is 5.32 Å². The highest BCUT2D eigenvalue weighted by Crippen LogP contribution is 2.26. The van der Waals surface area contributed by atoms with Gasteiger partial charge in [-0.3, -0.25) is 4.79 Å². The molecule has 126 valence electrons. The van der Waals surface area contributed by atoms with E-state index in [4.69, 9.17) is 4.42 Å². The fraction of sp³-hybridized carbons (Fsp3) is 0. The molecule has 0 fully saturated rings. The van der Waals surface area contributed by atoms with Gasteiger partial charge in [-0.2, -0.15) is 0 Å². The number of carbonyl (C=O) groups is 1. The van der Waals surface area contributed by atoms with Crippen molar-refractivity contribution in [3.63, 3.8) is 0 Å². The van der Waals surface area contributed by atoms with Crippen molar-refractivity contribution in [2.24, 2.45) is 0 Å². The third-order valence-electron chi connectivity index (χ3n) is 3.90. The van der Waals surface area contributed by atoms with E-state index in [0.717, 1.165) is 22.2 Å². The molecule has 0 spiro atoms. The number of aromatic nitrogens is 1. The second-order valence-corrected chi connectivity index (χ2v) is 5.80. The van der Waals surface area contributed by atoms with Gasteiger partial charge in [0.25, 0.3) is 0 Å². The first-order valence-corrected chi connectivity index (χ1v) is 8.28. The Morgan fingerprint density at radius 2 is 1.73 bits per heavy atom. The molecular weight excluding hydrogens is 324 g/mol. The predicted octanol–water partition coefficient (Wildman–Crippen LogP) is 5.15. The Bertz CT molecular complexity index is 1050. The van der Waals surface area contributed by atoms with Crippen molar-refractivity contribution < 1.29 is 9.21 Å². The summed E-state index contributed by atoms with van der Waals surface area (Å²) in [5, 5.41) is 2.86. The van der Waals surface area contributed by atoms with Crippen LogP contribution < -0.4 is 5.32 Å². The first-order chi connectivity index (χ1) is 12.8. The van der Waals surface area contributed by atoms with E-state index in [-0.39, 0.29) is 5.91 Å². The molecule has 1 amide bonds. The van der Waals surface area contributed by atoms with Crippen molar-refractivity contribution in [1.82, 2.24) is 4.98 Å². The lowest BCUT2D eigenvalue weighted by molar-refractivity contribution is -0.111. The lowest BCUT2D eigenvalue weighted by Gasteiger charge is -2.03. The topological polar surface area (TPSA) is 55.1 Å². The summed E-state index contributed by atoms with van der Waals surface area (Å²) in [4.78, 5) is 16.6. The van der Waals surface area contributed by atoms with Crippen molar-refractivity contribution >= 4 is 28.8 Å². The van der Waals surface area contributed by atoms with E-state index >= 15 is 0 Å². The van der Waals surface area contributed by atoms with Crippen molar-refractivity contribution in [3.8, 4) is 11.5 Å². The highest BCUT2D eigenvalue weighted by Gasteiger charge is 2.08. The van der Waals surface area contributed by atoms with Gasteiger partial charge in [0.05, 0.1) is 0 Å². The Morgan fingerprint density at radius 1 is 0.923 bits per heavy atom. The highest BCUT2D eigenvalue weighted by molar-refractivity contribution is 6.02. The quantitative estimate of drug-likeness (QED) is 0.523. The summed E-state index contributed by atoms with van der Waals surface area (Å²) in [5.74, 6) is 0.339. The summed E-state index contributed by atoms with van der Waals surface area (Å²) in [7, 11) is 0. The number of rotatable bonds is 4. The standard InChI is InChI=1S/C22H16N2O2/c25-21(14-13-16-7-2-1-3-8-16)23-18-10-6-9-17(15-18)22-24-19-11-4-5-12-20(19)26-22/h1-15H,(H,23,25)/b14-13+. The Labute approximate surface area is 150 Å². The zero-order valence-corrected chi connectivity index (χ0v) is 13.9. The molecule has 3 aromatic carbocycles. The van der Waals surface area contributed by atoms with E-state index in [9.17, 15) is 4.79 Å². The normalized spacial score (nSPS) is 11.1. The average Bonchev–Trinajstić information content (AvgIpc) is 3.12. The SMILES string of the molecule is O=C(/C=C/c1ccccc1)Nc1cccc(-c2nc3ccccc3o2)c1. The third kappa shape index (κ3) is 3.54. The number of carbonyl (C=O) groups excluding carboxylic acids is 1. The van der Waals surface area contributed by atoms with E-state index in [1.54, 1.807) is 6.08 Å². The maximum atomic E-state index is 12.1. The molecule has 0 radical (unpaired) electrons. The van der Waals surface area contributed by atoms with Crippen LogP contribution in [0.25, 0.3) is 28.6 Å². The van der Waals surface area contributed by atoms with E-state index in [1.165, 1.54) is 6.08 Å². The second-order valence-electron chi connectivity index (χ2n) is 5.80. The summed E-state index contributed by atoms with van der Waals surface area (Å²) >= 11 is 0. The van der Waals surface area contributed by atoms with Crippen LogP contribution in [0.3, 0.4) is 0 Å². The predicted molar refractivity (Wildman–Crippen MR) is 104 cm³/mol. The van der Waals surface area contributed by atoms with Crippen molar-refractivity contribution in [3.05, 3.63) is 90.5 Å². The maximum absolute atomic E-state index is 12.1.